The molecule has 100 valence electrons. The average Bonchev–Trinajstić information content (AvgIpc) is 2.28. The monoisotopic (exact) mass is 268 g/mol. The van der Waals surface area contributed by atoms with Gasteiger partial charge in [0.05, 0.1) is 6.54 Å². The minimum absolute atomic E-state index is 0.529. The van der Waals surface area contributed by atoms with Crippen molar-refractivity contribution in [2.75, 3.05) is 20.1 Å². The van der Waals surface area contributed by atoms with Crippen molar-refractivity contribution in [3.8, 4) is 0 Å². The van der Waals surface area contributed by atoms with Crippen LogP contribution in [0.1, 0.15) is 30.8 Å². The third kappa shape index (κ3) is 4.19. The average molecular weight is 269 g/mol. The highest BCUT2D eigenvalue weighted by molar-refractivity contribution is 6.29. The van der Waals surface area contributed by atoms with Crippen LogP contribution in [-0.2, 0) is 6.54 Å². The molecular weight excluding hydrogens is 248 g/mol. The fraction of sp³-hybridized carbons (Fsp3) is 0.692. The number of nitrogens with one attached hydrogen (secondary N) is 1. The van der Waals surface area contributed by atoms with Gasteiger partial charge in [-0.05, 0) is 39.4 Å². The van der Waals surface area contributed by atoms with Crippen LogP contribution in [0.3, 0.4) is 0 Å². The maximum absolute atomic E-state index is 5.94. The normalized spacial score (nSPS) is 20.3. The van der Waals surface area contributed by atoms with Crippen LogP contribution in [0, 0.1) is 6.92 Å². The summed E-state index contributed by atoms with van der Waals surface area (Å²) in [5, 5.41) is 4.08. The van der Waals surface area contributed by atoms with Crippen molar-refractivity contribution in [2.45, 2.75) is 38.8 Å². The molecule has 0 aliphatic carbocycles. The molecule has 1 aromatic rings. The Hall–Kier alpha value is -0.710. The Bertz CT molecular complexity index is 370. The minimum Gasteiger partial charge on any atom is -0.313 e. The van der Waals surface area contributed by atoms with Gasteiger partial charge < -0.3 is 5.32 Å². The molecule has 0 saturated carbocycles. The second-order valence-electron chi connectivity index (χ2n) is 5.09. The number of hydrogen-bond donors (Lipinski definition) is 1. The van der Waals surface area contributed by atoms with Crippen LogP contribution in [0.15, 0.2) is 6.07 Å². The first-order valence-corrected chi connectivity index (χ1v) is 6.93. The van der Waals surface area contributed by atoms with Crippen LogP contribution < -0.4 is 5.32 Å². The first-order valence-electron chi connectivity index (χ1n) is 6.55. The summed E-state index contributed by atoms with van der Waals surface area (Å²) in [7, 11) is 2.11. The highest BCUT2D eigenvalue weighted by atomic mass is 35.5. The van der Waals surface area contributed by atoms with Gasteiger partial charge >= 0.3 is 0 Å². The SMILES string of the molecule is Cc1cc(Cl)nc(CN(C)CC2CCCCN2)n1. The summed E-state index contributed by atoms with van der Waals surface area (Å²) in [6.07, 6.45) is 3.90. The zero-order chi connectivity index (χ0) is 13.0. The lowest BCUT2D eigenvalue weighted by Crippen LogP contribution is -2.42. The van der Waals surface area contributed by atoms with Crippen molar-refractivity contribution in [3.05, 3.63) is 22.7 Å². The number of halogens is 1. The molecule has 2 heterocycles. The topological polar surface area (TPSA) is 41.1 Å². The summed E-state index contributed by atoms with van der Waals surface area (Å²) in [5.41, 5.74) is 0.925. The van der Waals surface area contributed by atoms with Crippen LogP contribution in [0.2, 0.25) is 5.15 Å². The Labute approximate surface area is 114 Å². The van der Waals surface area contributed by atoms with Gasteiger partial charge in [-0.1, -0.05) is 18.0 Å². The van der Waals surface area contributed by atoms with Crippen molar-refractivity contribution in [1.82, 2.24) is 20.2 Å². The largest absolute Gasteiger partial charge is 0.313 e. The molecule has 0 bridgehead atoms. The van der Waals surface area contributed by atoms with Crippen molar-refractivity contribution >= 4 is 11.6 Å². The van der Waals surface area contributed by atoms with E-state index < -0.39 is 0 Å². The van der Waals surface area contributed by atoms with Crippen LogP contribution >= 0.6 is 11.6 Å². The summed E-state index contributed by atoms with van der Waals surface area (Å²) >= 11 is 5.94. The molecule has 1 aromatic heterocycles. The Morgan fingerprint density at radius 3 is 2.94 bits per heavy atom. The third-order valence-electron chi connectivity index (χ3n) is 3.23. The number of piperidine rings is 1. The van der Waals surface area contributed by atoms with Gasteiger partial charge in [0.15, 0.2) is 0 Å². The Balaban J connectivity index is 1.87. The van der Waals surface area contributed by atoms with E-state index in [2.05, 4.69) is 27.2 Å². The quantitative estimate of drug-likeness (QED) is 0.849. The third-order valence-corrected chi connectivity index (χ3v) is 3.42. The van der Waals surface area contributed by atoms with Crippen LogP contribution in [0.25, 0.3) is 0 Å². The van der Waals surface area contributed by atoms with Gasteiger partial charge in [-0.25, -0.2) is 9.97 Å². The molecule has 1 N–H and O–H groups in total. The molecule has 1 saturated heterocycles. The van der Waals surface area contributed by atoms with E-state index in [1.54, 1.807) is 6.07 Å². The van der Waals surface area contributed by atoms with Gasteiger partial charge in [-0.2, -0.15) is 0 Å². The summed E-state index contributed by atoms with van der Waals surface area (Å²) in [6, 6.07) is 2.39. The Morgan fingerprint density at radius 2 is 2.28 bits per heavy atom. The molecule has 0 aromatic carbocycles. The molecule has 1 aliphatic rings. The molecule has 0 amide bonds. The molecule has 1 atom stereocenters. The van der Waals surface area contributed by atoms with Gasteiger partial charge in [-0.3, -0.25) is 4.90 Å². The highest BCUT2D eigenvalue weighted by Crippen LogP contribution is 2.10. The number of likely N-dealkylation sites (N-methyl/N-ethyl adjacent to an activating group) is 1. The second kappa shape index (κ2) is 6.45. The van der Waals surface area contributed by atoms with Gasteiger partial charge in [0.1, 0.15) is 11.0 Å². The van der Waals surface area contributed by atoms with Crippen LogP contribution in [0.4, 0.5) is 0 Å². The first-order chi connectivity index (χ1) is 8.63. The van der Waals surface area contributed by atoms with E-state index in [0.717, 1.165) is 31.2 Å². The summed E-state index contributed by atoms with van der Waals surface area (Å²) in [6.45, 7) is 4.87. The van der Waals surface area contributed by atoms with Crippen molar-refractivity contribution in [3.63, 3.8) is 0 Å². The lowest BCUT2D eigenvalue weighted by atomic mass is 10.0. The Kier molecular flexibility index (Phi) is 4.92. The molecule has 1 unspecified atom stereocenters. The number of aromatic nitrogens is 2. The summed E-state index contributed by atoms with van der Waals surface area (Å²) < 4.78 is 0. The molecule has 1 fully saturated rings. The van der Waals surface area contributed by atoms with E-state index in [9.17, 15) is 0 Å². The Morgan fingerprint density at radius 1 is 1.44 bits per heavy atom. The van der Waals surface area contributed by atoms with Gasteiger partial charge in [0, 0.05) is 18.3 Å². The van der Waals surface area contributed by atoms with Gasteiger partial charge in [0.2, 0.25) is 0 Å². The lowest BCUT2D eigenvalue weighted by Gasteiger charge is -2.27. The zero-order valence-electron chi connectivity index (χ0n) is 11.1. The van der Waals surface area contributed by atoms with Crippen LogP contribution in [-0.4, -0.2) is 41.0 Å². The molecule has 5 heteroatoms. The standard InChI is InChI=1S/C13H21ClN4/c1-10-7-12(14)17-13(16-10)9-18(2)8-11-5-3-4-6-15-11/h7,11,15H,3-6,8-9H2,1-2H3. The van der Waals surface area contributed by atoms with E-state index in [1.165, 1.54) is 19.3 Å². The highest BCUT2D eigenvalue weighted by Gasteiger charge is 2.15. The van der Waals surface area contributed by atoms with Crippen LogP contribution in [0.5, 0.6) is 0 Å². The molecule has 0 radical (unpaired) electrons. The summed E-state index contributed by atoms with van der Waals surface area (Å²) in [4.78, 5) is 10.9. The minimum atomic E-state index is 0.529. The molecule has 4 nitrogen and oxygen atoms in total. The van der Waals surface area contributed by atoms with Crippen molar-refractivity contribution < 1.29 is 0 Å². The molecule has 0 spiro atoms. The van der Waals surface area contributed by atoms with Gasteiger partial charge in [-0.15, -0.1) is 0 Å². The zero-order valence-corrected chi connectivity index (χ0v) is 11.9. The predicted octanol–water partition coefficient (Wildman–Crippen LogP) is 2.01. The van der Waals surface area contributed by atoms with E-state index in [0.29, 0.717) is 11.2 Å². The van der Waals surface area contributed by atoms with E-state index in [4.69, 9.17) is 11.6 Å². The van der Waals surface area contributed by atoms with E-state index in [-0.39, 0.29) is 0 Å². The fourth-order valence-electron chi connectivity index (χ4n) is 2.42. The lowest BCUT2D eigenvalue weighted by molar-refractivity contribution is 0.252. The number of aryl methyl sites for hydroxylation is 1. The fourth-order valence-corrected chi connectivity index (χ4v) is 2.68. The molecule has 1 aliphatic heterocycles. The maximum atomic E-state index is 5.94. The molecule has 2 rings (SSSR count). The summed E-state index contributed by atoms with van der Waals surface area (Å²) in [5.74, 6) is 0.804. The molecule has 18 heavy (non-hydrogen) atoms. The number of rotatable bonds is 4. The van der Waals surface area contributed by atoms with E-state index in [1.807, 2.05) is 6.92 Å². The predicted molar refractivity (Wildman–Crippen MR) is 73.8 cm³/mol. The van der Waals surface area contributed by atoms with E-state index >= 15 is 0 Å². The second-order valence-corrected chi connectivity index (χ2v) is 5.48. The van der Waals surface area contributed by atoms with Crippen molar-refractivity contribution in [2.24, 2.45) is 0 Å². The smallest absolute Gasteiger partial charge is 0.144 e. The van der Waals surface area contributed by atoms with Gasteiger partial charge in [0.25, 0.3) is 0 Å². The molecular formula is C13H21ClN4. The number of nitrogens with zero attached hydrogens (tertiary/aromatic N) is 3. The maximum Gasteiger partial charge on any atom is 0.144 e. The van der Waals surface area contributed by atoms with Crippen molar-refractivity contribution in [1.29, 1.82) is 0 Å². The number of hydrogen-bond acceptors (Lipinski definition) is 4. The first kappa shape index (κ1) is 13.7.